The second kappa shape index (κ2) is 7.66. The number of amides is 1. The van der Waals surface area contributed by atoms with Gasteiger partial charge in [0.1, 0.15) is 10.7 Å². The number of carbonyl (C=O) groups is 1. The van der Waals surface area contributed by atoms with Crippen LogP contribution < -0.4 is 10.9 Å². The van der Waals surface area contributed by atoms with Crippen LogP contribution in [-0.4, -0.2) is 45.9 Å². The number of aromatic amines is 1. The third-order valence-electron chi connectivity index (χ3n) is 5.61. The van der Waals surface area contributed by atoms with Gasteiger partial charge in [0, 0.05) is 36.3 Å². The van der Waals surface area contributed by atoms with E-state index in [9.17, 15) is 9.59 Å². The molecule has 6 nitrogen and oxygen atoms in total. The number of halogens is 1. The molecule has 4 heterocycles. The predicted octanol–water partition coefficient (Wildman–Crippen LogP) is 2.31. The number of nitrogens with one attached hydrogen (secondary N) is 2. The van der Waals surface area contributed by atoms with Gasteiger partial charge >= 0.3 is 0 Å². The van der Waals surface area contributed by atoms with Crippen molar-refractivity contribution in [2.24, 2.45) is 0 Å². The van der Waals surface area contributed by atoms with E-state index in [-0.39, 0.29) is 23.9 Å². The second-order valence-electron chi connectivity index (χ2n) is 7.15. The number of aryl methyl sites for hydroxylation is 3. The molecule has 2 bridgehead atoms. The van der Waals surface area contributed by atoms with Crippen LogP contribution in [0.4, 0.5) is 0 Å². The van der Waals surface area contributed by atoms with Crippen molar-refractivity contribution >= 4 is 39.9 Å². The molecule has 26 heavy (non-hydrogen) atoms. The van der Waals surface area contributed by atoms with E-state index in [1.807, 2.05) is 13.8 Å². The monoisotopic (exact) mass is 396 g/mol. The largest absolute Gasteiger partial charge is 0.335 e. The fourth-order valence-electron chi connectivity index (χ4n) is 4.16. The maximum atomic E-state index is 12.8. The van der Waals surface area contributed by atoms with E-state index >= 15 is 0 Å². The van der Waals surface area contributed by atoms with Crippen molar-refractivity contribution in [1.82, 2.24) is 20.2 Å². The summed E-state index contributed by atoms with van der Waals surface area (Å²) in [4.78, 5) is 36.6. The summed E-state index contributed by atoms with van der Waals surface area (Å²) in [7, 11) is 0. The van der Waals surface area contributed by atoms with E-state index in [0.29, 0.717) is 36.1 Å². The Balaban J connectivity index is 0.00000196. The number of hydrogen-bond acceptors (Lipinski definition) is 5. The number of thiophene rings is 1. The molecule has 0 saturated carbocycles. The molecule has 0 radical (unpaired) electrons. The van der Waals surface area contributed by atoms with Crippen molar-refractivity contribution in [1.29, 1.82) is 0 Å². The lowest BCUT2D eigenvalue weighted by Gasteiger charge is -2.27. The average molecular weight is 397 g/mol. The lowest BCUT2D eigenvalue weighted by atomic mass is 10.1. The first-order valence-corrected chi connectivity index (χ1v) is 9.87. The average Bonchev–Trinajstić information content (AvgIpc) is 3.00. The van der Waals surface area contributed by atoms with E-state index in [1.165, 1.54) is 0 Å². The van der Waals surface area contributed by atoms with E-state index in [2.05, 4.69) is 20.2 Å². The normalized spacial score (nSPS) is 22.3. The van der Waals surface area contributed by atoms with Crippen molar-refractivity contribution in [3.8, 4) is 0 Å². The number of fused-ring (bicyclic) bond motifs is 3. The summed E-state index contributed by atoms with van der Waals surface area (Å²) < 4.78 is 0. The number of rotatable bonds is 3. The van der Waals surface area contributed by atoms with Crippen LogP contribution >= 0.6 is 23.7 Å². The zero-order valence-corrected chi connectivity index (χ0v) is 16.8. The van der Waals surface area contributed by atoms with Crippen LogP contribution in [0.5, 0.6) is 0 Å². The minimum Gasteiger partial charge on any atom is -0.335 e. The molecule has 2 aromatic rings. The third-order valence-corrected chi connectivity index (χ3v) is 6.71. The van der Waals surface area contributed by atoms with Gasteiger partial charge in [-0.2, -0.15) is 0 Å². The van der Waals surface area contributed by atoms with E-state index in [1.54, 1.807) is 11.3 Å². The fourth-order valence-corrected chi connectivity index (χ4v) is 5.21. The van der Waals surface area contributed by atoms with E-state index in [0.717, 1.165) is 47.6 Å². The van der Waals surface area contributed by atoms with Crippen LogP contribution in [0.3, 0.4) is 0 Å². The molecule has 0 aromatic carbocycles. The number of carbonyl (C=O) groups excluding carboxylic acids is 1. The first-order valence-electron chi connectivity index (χ1n) is 9.05. The first kappa shape index (κ1) is 19.3. The summed E-state index contributed by atoms with van der Waals surface area (Å²) in [5.74, 6) is 0.810. The minimum absolute atomic E-state index is 0. The fraction of sp³-hybridized carbons (Fsp3) is 0.611. The number of aromatic nitrogens is 2. The van der Waals surface area contributed by atoms with Gasteiger partial charge < -0.3 is 15.2 Å². The third kappa shape index (κ3) is 3.40. The molecule has 2 aromatic heterocycles. The highest BCUT2D eigenvalue weighted by Crippen LogP contribution is 2.29. The molecule has 2 aliphatic rings. The molecule has 2 fully saturated rings. The van der Waals surface area contributed by atoms with Crippen LogP contribution in [0.1, 0.15) is 41.9 Å². The zero-order valence-electron chi connectivity index (χ0n) is 15.1. The molecule has 0 spiro atoms. The van der Waals surface area contributed by atoms with Crippen molar-refractivity contribution in [2.75, 3.05) is 13.1 Å². The van der Waals surface area contributed by atoms with Crippen molar-refractivity contribution in [3.05, 3.63) is 26.6 Å². The molecule has 1 amide bonds. The molecule has 2 saturated heterocycles. The molecule has 2 aliphatic heterocycles. The minimum atomic E-state index is -0.0895. The Morgan fingerprint density at radius 3 is 2.85 bits per heavy atom. The summed E-state index contributed by atoms with van der Waals surface area (Å²) in [6.45, 7) is 5.86. The van der Waals surface area contributed by atoms with Gasteiger partial charge in [-0.15, -0.1) is 23.7 Å². The van der Waals surface area contributed by atoms with Gasteiger partial charge in [-0.05, 0) is 45.2 Å². The summed E-state index contributed by atoms with van der Waals surface area (Å²) in [6, 6.07) is 0.710. The van der Waals surface area contributed by atoms with Crippen molar-refractivity contribution < 1.29 is 4.79 Å². The number of H-pyrrole nitrogens is 1. The standard InChI is InChI=1S/C18H24N4O2S.ClH/c1-10-11(2)25-18-16(10)17(24)20-14(21-18)5-6-15(23)22-12-3-4-13(22)9-19-8-7-12;/h12-13,19H,3-9H2,1-2H3,(H,20,21,24);1H. The Bertz CT molecular complexity index is 864. The highest BCUT2D eigenvalue weighted by molar-refractivity contribution is 7.18. The molecular weight excluding hydrogens is 372 g/mol. The maximum absolute atomic E-state index is 12.8. The van der Waals surface area contributed by atoms with Gasteiger partial charge in [0.05, 0.1) is 5.39 Å². The molecule has 2 unspecified atom stereocenters. The smallest absolute Gasteiger partial charge is 0.259 e. The van der Waals surface area contributed by atoms with Crippen molar-refractivity contribution in [2.45, 2.75) is 58.0 Å². The summed E-state index contributed by atoms with van der Waals surface area (Å²) >= 11 is 1.55. The molecule has 2 atom stereocenters. The van der Waals surface area contributed by atoms with E-state index < -0.39 is 0 Å². The Morgan fingerprint density at radius 2 is 2.04 bits per heavy atom. The topological polar surface area (TPSA) is 78.1 Å². The van der Waals surface area contributed by atoms with Gasteiger partial charge in [-0.1, -0.05) is 0 Å². The first-order chi connectivity index (χ1) is 12.0. The van der Waals surface area contributed by atoms with Crippen LogP contribution in [0.25, 0.3) is 10.2 Å². The summed E-state index contributed by atoms with van der Waals surface area (Å²) in [5, 5.41) is 4.11. The number of hydrogen-bond donors (Lipinski definition) is 2. The highest BCUT2D eigenvalue weighted by atomic mass is 35.5. The van der Waals surface area contributed by atoms with Crippen LogP contribution in [0.2, 0.25) is 0 Å². The van der Waals surface area contributed by atoms with Gasteiger partial charge in [-0.25, -0.2) is 4.98 Å². The molecule has 8 heteroatoms. The molecule has 142 valence electrons. The molecule has 0 aliphatic carbocycles. The lowest BCUT2D eigenvalue weighted by Crippen LogP contribution is -2.42. The van der Waals surface area contributed by atoms with Gasteiger partial charge in [0.2, 0.25) is 5.91 Å². The van der Waals surface area contributed by atoms with Crippen molar-refractivity contribution in [3.63, 3.8) is 0 Å². The molecular formula is C18H25ClN4O2S. The van der Waals surface area contributed by atoms with Gasteiger partial charge in [-0.3, -0.25) is 9.59 Å². The highest BCUT2D eigenvalue weighted by Gasteiger charge is 2.37. The quantitative estimate of drug-likeness (QED) is 0.834. The lowest BCUT2D eigenvalue weighted by molar-refractivity contribution is -0.133. The second-order valence-corrected chi connectivity index (χ2v) is 8.36. The Kier molecular flexibility index (Phi) is 5.69. The summed E-state index contributed by atoms with van der Waals surface area (Å²) in [6.07, 6.45) is 4.15. The Morgan fingerprint density at radius 1 is 1.27 bits per heavy atom. The Labute approximate surface area is 162 Å². The van der Waals surface area contributed by atoms with Crippen LogP contribution in [0.15, 0.2) is 4.79 Å². The summed E-state index contributed by atoms with van der Waals surface area (Å²) in [5.41, 5.74) is 0.915. The molecule has 2 N–H and O–H groups in total. The predicted molar refractivity (Wildman–Crippen MR) is 106 cm³/mol. The van der Waals surface area contributed by atoms with Gasteiger partial charge in [0.15, 0.2) is 0 Å². The molecule has 4 rings (SSSR count). The van der Waals surface area contributed by atoms with Gasteiger partial charge in [0.25, 0.3) is 5.56 Å². The zero-order chi connectivity index (χ0) is 17.6. The van der Waals surface area contributed by atoms with E-state index in [4.69, 9.17) is 0 Å². The number of nitrogens with zero attached hydrogens (tertiary/aromatic N) is 2. The SMILES string of the molecule is Cc1sc2nc(CCC(=O)N3C4CCNCC3CC4)[nH]c(=O)c2c1C.Cl. The van der Waals surface area contributed by atoms with Crippen LogP contribution in [0, 0.1) is 13.8 Å². The van der Waals surface area contributed by atoms with Crippen LogP contribution in [-0.2, 0) is 11.2 Å². The maximum Gasteiger partial charge on any atom is 0.259 e. The Hall–Kier alpha value is -1.44.